The zero-order valence-corrected chi connectivity index (χ0v) is 9.96. The molecule has 1 atom stereocenters. The molecule has 0 aliphatic heterocycles. The molecule has 0 saturated heterocycles. The lowest BCUT2D eigenvalue weighted by molar-refractivity contribution is 0.710. The van der Waals surface area contributed by atoms with Crippen molar-refractivity contribution >= 4 is 16.9 Å². The lowest BCUT2D eigenvalue weighted by Gasteiger charge is -2.18. The molecule has 1 heterocycles. The number of para-hydroxylation sites is 2. The maximum absolute atomic E-state index is 8.79. The van der Waals surface area contributed by atoms with E-state index in [1.165, 1.54) is 0 Å². The molecule has 0 amide bonds. The van der Waals surface area contributed by atoms with Crippen LogP contribution in [0.15, 0.2) is 30.5 Å². The maximum atomic E-state index is 8.79. The third kappa shape index (κ3) is 2.51. The van der Waals surface area contributed by atoms with Gasteiger partial charge in [-0.3, -0.25) is 4.98 Å². The van der Waals surface area contributed by atoms with Crippen LogP contribution in [0, 0.1) is 17.2 Å². The van der Waals surface area contributed by atoms with Gasteiger partial charge in [-0.25, -0.2) is 4.98 Å². The second kappa shape index (κ2) is 4.79. The molecule has 0 spiro atoms. The van der Waals surface area contributed by atoms with Gasteiger partial charge < -0.3 is 4.90 Å². The van der Waals surface area contributed by atoms with Crippen LogP contribution in [0.3, 0.4) is 0 Å². The van der Waals surface area contributed by atoms with Crippen molar-refractivity contribution in [1.82, 2.24) is 9.97 Å². The average Bonchev–Trinajstić information content (AvgIpc) is 2.38. The second-order valence-corrected chi connectivity index (χ2v) is 4.13. The number of rotatable bonds is 3. The topological polar surface area (TPSA) is 52.8 Å². The number of hydrogen-bond acceptors (Lipinski definition) is 4. The molecule has 0 aliphatic rings. The fraction of sp³-hybridized carbons (Fsp3) is 0.308. The Morgan fingerprint density at radius 1 is 1.35 bits per heavy atom. The first-order valence-corrected chi connectivity index (χ1v) is 5.53. The van der Waals surface area contributed by atoms with E-state index in [0.29, 0.717) is 6.54 Å². The van der Waals surface area contributed by atoms with Gasteiger partial charge in [0.25, 0.3) is 0 Å². The van der Waals surface area contributed by atoms with Crippen LogP contribution in [-0.4, -0.2) is 23.6 Å². The van der Waals surface area contributed by atoms with E-state index in [9.17, 15) is 0 Å². The minimum Gasteiger partial charge on any atom is -0.357 e. The quantitative estimate of drug-likeness (QED) is 0.805. The van der Waals surface area contributed by atoms with Gasteiger partial charge in [0.05, 0.1) is 29.2 Å². The van der Waals surface area contributed by atoms with E-state index in [2.05, 4.69) is 16.0 Å². The van der Waals surface area contributed by atoms with Gasteiger partial charge in [-0.1, -0.05) is 12.1 Å². The predicted octanol–water partition coefficient (Wildman–Crippen LogP) is 2.23. The van der Waals surface area contributed by atoms with E-state index in [1.807, 2.05) is 43.1 Å². The van der Waals surface area contributed by atoms with Crippen LogP contribution in [0.5, 0.6) is 0 Å². The van der Waals surface area contributed by atoms with Crippen LogP contribution in [0.2, 0.25) is 0 Å². The first kappa shape index (κ1) is 11.3. The Hall–Kier alpha value is -2.15. The van der Waals surface area contributed by atoms with Gasteiger partial charge >= 0.3 is 0 Å². The first-order chi connectivity index (χ1) is 8.20. The van der Waals surface area contributed by atoms with Crippen LogP contribution in [0.1, 0.15) is 6.92 Å². The zero-order chi connectivity index (χ0) is 12.3. The van der Waals surface area contributed by atoms with E-state index in [-0.39, 0.29) is 5.92 Å². The lowest BCUT2D eigenvalue weighted by atomic mass is 10.2. The summed E-state index contributed by atoms with van der Waals surface area (Å²) < 4.78 is 0. The highest BCUT2D eigenvalue weighted by molar-refractivity contribution is 5.75. The van der Waals surface area contributed by atoms with Gasteiger partial charge in [0, 0.05) is 13.6 Å². The Kier molecular flexibility index (Phi) is 3.20. The maximum Gasteiger partial charge on any atom is 0.147 e. The average molecular weight is 226 g/mol. The number of hydrogen-bond donors (Lipinski definition) is 0. The highest BCUT2D eigenvalue weighted by atomic mass is 15.2. The van der Waals surface area contributed by atoms with Crippen LogP contribution >= 0.6 is 0 Å². The van der Waals surface area contributed by atoms with Crippen molar-refractivity contribution in [2.75, 3.05) is 18.5 Å². The van der Waals surface area contributed by atoms with E-state index < -0.39 is 0 Å². The van der Waals surface area contributed by atoms with E-state index >= 15 is 0 Å². The predicted molar refractivity (Wildman–Crippen MR) is 67.6 cm³/mol. The van der Waals surface area contributed by atoms with Crippen molar-refractivity contribution in [1.29, 1.82) is 5.26 Å². The Balaban J connectivity index is 2.27. The lowest BCUT2D eigenvalue weighted by Crippen LogP contribution is -2.24. The molecule has 1 aromatic heterocycles. The Morgan fingerprint density at radius 2 is 2.06 bits per heavy atom. The molecule has 0 aliphatic carbocycles. The summed E-state index contributed by atoms with van der Waals surface area (Å²) in [6.45, 7) is 2.55. The van der Waals surface area contributed by atoms with Gasteiger partial charge in [0.2, 0.25) is 0 Å². The molecule has 0 radical (unpaired) electrons. The van der Waals surface area contributed by atoms with Gasteiger partial charge in [-0.15, -0.1) is 0 Å². The molecule has 0 fully saturated rings. The number of anilines is 1. The highest BCUT2D eigenvalue weighted by Gasteiger charge is 2.08. The standard InChI is InChI=1S/C13H14N4/c1-10(7-14)9-17(2)13-8-15-11-5-3-4-6-12(11)16-13/h3-6,8,10H,9H2,1-2H3. The van der Waals surface area contributed by atoms with Gasteiger partial charge in [-0.2, -0.15) is 5.26 Å². The number of aromatic nitrogens is 2. The van der Waals surface area contributed by atoms with Gasteiger partial charge in [0.15, 0.2) is 0 Å². The molecule has 0 N–H and O–H groups in total. The summed E-state index contributed by atoms with van der Waals surface area (Å²) in [6, 6.07) is 9.97. The molecule has 0 bridgehead atoms. The number of benzene rings is 1. The van der Waals surface area contributed by atoms with Crippen LogP contribution in [-0.2, 0) is 0 Å². The van der Waals surface area contributed by atoms with Crippen LogP contribution < -0.4 is 4.90 Å². The van der Waals surface area contributed by atoms with Gasteiger partial charge in [0.1, 0.15) is 5.82 Å². The van der Waals surface area contributed by atoms with E-state index in [0.717, 1.165) is 16.9 Å². The molecule has 4 nitrogen and oxygen atoms in total. The number of nitrogens with zero attached hydrogens (tertiary/aromatic N) is 4. The summed E-state index contributed by atoms with van der Waals surface area (Å²) in [5.74, 6) is 0.777. The summed E-state index contributed by atoms with van der Waals surface area (Å²) in [7, 11) is 1.92. The second-order valence-electron chi connectivity index (χ2n) is 4.13. The molecule has 2 rings (SSSR count). The molecule has 4 heteroatoms. The first-order valence-electron chi connectivity index (χ1n) is 5.53. The molecular weight excluding hydrogens is 212 g/mol. The van der Waals surface area contributed by atoms with Crippen molar-refractivity contribution in [3.05, 3.63) is 30.5 Å². The molecule has 2 aromatic rings. The van der Waals surface area contributed by atoms with Crippen LogP contribution in [0.25, 0.3) is 11.0 Å². The Morgan fingerprint density at radius 3 is 2.76 bits per heavy atom. The van der Waals surface area contributed by atoms with Crippen LogP contribution in [0.4, 0.5) is 5.82 Å². The summed E-state index contributed by atoms with van der Waals surface area (Å²) in [5, 5.41) is 8.79. The fourth-order valence-electron chi connectivity index (χ4n) is 1.68. The normalized spacial score (nSPS) is 12.1. The molecule has 86 valence electrons. The number of fused-ring (bicyclic) bond motifs is 1. The fourth-order valence-corrected chi connectivity index (χ4v) is 1.68. The van der Waals surface area contributed by atoms with Crippen molar-refractivity contribution in [3.63, 3.8) is 0 Å². The molecule has 1 aromatic carbocycles. The third-order valence-corrected chi connectivity index (χ3v) is 2.60. The van der Waals surface area contributed by atoms with E-state index in [1.54, 1.807) is 6.20 Å². The van der Waals surface area contributed by atoms with Crippen molar-refractivity contribution in [2.45, 2.75) is 6.92 Å². The summed E-state index contributed by atoms with van der Waals surface area (Å²) in [4.78, 5) is 10.8. The highest BCUT2D eigenvalue weighted by Crippen LogP contribution is 2.14. The Labute approximate surface area is 101 Å². The number of nitriles is 1. The SMILES string of the molecule is CC(C#N)CN(C)c1cnc2ccccc2n1. The molecule has 0 saturated carbocycles. The van der Waals surface area contributed by atoms with E-state index in [4.69, 9.17) is 5.26 Å². The van der Waals surface area contributed by atoms with Gasteiger partial charge in [-0.05, 0) is 19.1 Å². The minimum atomic E-state index is -0.0201. The minimum absolute atomic E-state index is 0.0201. The van der Waals surface area contributed by atoms with Crippen molar-refractivity contribution in [2.24, 2.45) is 5.92 Å². The smallest absolute Gasteiger partial charge is 0.147 e. The van der Waals surface area contributed by atoms with Crippen molar-refractivity contribution < 1.29 is 0 Å². The Bertz CT molecular complexity index is 559. The molecule has 17 heavy (non-hydrogen) atoms. The molecule has 1 unspecified atom stereocenters. The zero-order valence-electron chi connectivity index (χ0n) is 9.96. The largest absolute Gasteiger partial charge is 0.357 e. The van der Waals surface area contributed by atoms with Crippen molar-refractivity contribution in [3.8, 4) is 6.07 Å². The summed E-state index contributed by atoms with van der Waals surface area (Å²) in [6.07, 6.45) is 1.74. The molecular formula is C13H14N4. The summed E-state index contributed by atoms with van der Waals surface area (Å²) in [5.41, 5.74) is 1.76. The monoisotopic (exact) mass is 226 g/mol. The third-order valence-electron chi connectivity index (χ3n) is 2.60. The summed E-state index contributed by atoms with van der Waals surface area (Å²) >= 11 is 0.